The Morgan fingerprint density at radius 3 is 2.58 bits per heavy atom. The number of amides is 1. The summed E-state index contributed by atoms with van der Waals surface area (Å²) in [5.74, 6) is 0.517. The van der Waals surface area contributed by atoms with E-state index in [9.17, 15) is 4.79 Å². The maximum atomic E-state index is 12.2. The molecule has 0 saturated heterocycles. The van der Waals surface area contributed by atoms with Gasteiger partial charge in [-0.2, -0.15) is 0 Å². The number of benzene rings is 1. The van der Waals surface area contributed by atoms with E-state index in [0.29, 0.717) is 21.3 Å². The Hall–Kier alpha value is -1.82. The van der Waals surface area contributed by atoms with Crippen molar-refractivity contribution in [2.45, 2.75) is 6.42 Å². The Labute approximate surface area is 152 Å². The van der Waals surface area contributed by atoms with Gasteiger partial charge in [-0.3, -0.25) is 4.79 Å². The van der Waals surface area contributed by atoms with Crippen LogP contribution in [0, 0.1) is 0 Å². The van der Waals surface area contributed by atoms with Crippen LogP contribution in [0.1, 0.15) is 16.8 Å². The summed E-state index contributed by atoms with van der Waals surface area (Å²) < 4.78 is 0. The highest BCUT2D eigenvalue weighted by molar-refractivity contribution is 6.42. The van der Waals surface area contributed by atoms with Gasteiger partial charge in [-0.15, -0.1) is 0 Å². The van der Waals surface area contributed by atoms with Gasteiger partial charge in [0, 0.05) is 12.1 Å². The fourth-order valence-electron chi connectivity index (χ4n) is 2.02. The number of nitrogens with one attached hydrogen (secondary N) is 2. The number of hydrogen-bond acceptors (Lipinski definition) is 4. The van der Waals surface area contributed by atoms with Crippen LogP contribution in [0.4, 0.5) is 11.5 Å². The fourth-order valence-corrected chi connectivity index (χ4v) is 2.32. The van der Waals surface area contributed by atoms with Crippen molar-refractivity contribution in [1.29, 1.82) is 0 Å². The van der Waals surface area contributed by atoms with Crippen LogP contribution in [0.3, 0.4) is 0 Å². The zero-order chi connectivity index (χ0) is 17.5. The summed E-state index contributed by atoms with van der Waals surface area (Å²) in [6.07, 6.45) is 2.65. The van der Waals surface area contributed by atoms with E-state index < -0.39 is 0 Å². The zero-order valence-corrected chi connectivity index (χ0v) is 15.2. The smallest absolute Gasteiger partial charge is 0.255 e. The normalized spacial score (nSPS) is 10.7. The lowest BCUT2D eigenvalue weighted by atomic mass is 10.2. The van der Waals surface area contributed by atoms with Crippen LogP contribution in [0.25, 0.3) is 0 Å². The van der Waals surface area contributed by atoms with Gasteiger partial charge in [-0.1, -0.05) is 23.2 Å². The molecule has 0 unspecified atom stereocenters. The van der Waals surface area contributed by atoms with Crippen LogP contribution in [-0.2, 0) is 0 Å². The molecule has 0 aliphatic rings. The number of pyridine rings is 1. The molecule has 0 atom stereocenters. The Balaban J connectivity index is 1.88. The average molecular weight is 367 g/mol. The minimum atomic E-state index is -0.262. The molecule has 0 aliphatic carbocycles. The van der Waals surface area contributed by atoms with E-state index in [-0.39, 0.29) is 5.91 Å². The first-order valence-electron chi connectivity index (χ1n) is 7.57. The second-order valence-electron chi connectivity index (χ2n) is 5.60. The molecule has 0 saturated carbocycles. The quantitative estimate of drug-likeness (QED) is 0.727. The second-order valence-corrected chi connectivity index (χ2v) is 6.41. The van der Waals surface area contributed by atoms with Crippen molar-refractivity contribution >= 4 is 40.6 Å². The predicted molar refractivity (Wildman–Crippen MR) is 100 cm³/mol. The Bertz CT molecular complexity index is 689. The number of hydrogen-bond donors (Lipinski definition) is 2. The highest BCUT2D eigenvalue weighted by Gasteiger charge is 2.08. The molecule has 0 fully saturated rings. The summed E-state index contributed by atoms with van der Waals surface area (Å²) in [7, 11) is 4.09. The number of halogens is 2. The topological polar surface area (TPSA) is 57.3 Å². The van der Waals surface area contributed by atoms with Gasteiger partial charge >= 0.3 is 0 Å². The SMILES string of the molecule is CN(C)CCCNc1ccc(NC(=O)c2ccc(Cl)c(Cl)c2)cn1. The van der Waals surface area contributed by atoms with E-state index >= 15 is 0 Å². The summed E-state index contributed by atoms with van der Waals surface area (Å²) in [4.78, 5) is 18.6. The van der Waals surface area contributed by atoms with E-state index in [1.54, 1.807) is 24.4 Å². The summed E-state index contributed by atoms with van der Waals surface area (Å²) in [6.45, 7) is 1.87. The summed E-state index contributed by atoms with van der Waals surface area (Å²) in [5.41, 5.74) is 1.06. The highest BCUT2D eigenvalue weighted by Crippen LogP contribution is 2.23. The lowest BCUT2D eigenvalue weighted by Gasteiger charge is -2.10. The van der Waals surface area contributed by atoms with Crippen molar-refractivity contribution < 1.29 is 4.79 Å². The standard InChI is InChI=1S/C17H20Cl2N4O/c1-23(2)9-3-8-20-16-7-5-13(11-21-16)22-17(24)12-4-6-14(18)15(19)10-12/h4-7,10-11H,3,8-9H2,1-2H3,(H,20,21)(H,22,24). The maximum Gasteiger partial charge on any atom is 0.255 e. The molecule has 0 radical (unpaired) electrons. The highest BCUT2D eigenvalue weighted by atomic mass is 35.5. The Morgan fingerprint density at radius 1 is 1.17 bits per heavy atom. The van der Waals surface area contributed by atoms with Gasteiger partial charge in [-0.05, 0) is 57.4 Å². The van der Waals surface area contributed by atoms with Gasteiger partial charge in [0.15, 0.2) is 0 Å². The zero-order valence-electron chi connectivity index (χ0n) is 13.6. The second kappa shape index (κ2) is 8.87. The van der Waals surface area contributed by atoms with E-state index in [1.165, 1.54) is 6.07 Å². The van der Waals surface area contributed by atoms with Gasteiger partial charge in [0.1, 0.15) is 5.82 Å². The molecule has 0 spiro atoms. The van der Waals surface area contributed by atoms with E-state index in [0.717, 1.165) is 25.3 Å². The molecule has 7 heteroatoms. The monoisotopic (exact) mass is 366 g/mol. The Kier molecular flexibility index (Phi) is 6.85. The first kappa shape index (κ1) is 18.5. The third kappa shape index (κ3) is 5.67. The third-order valence-corrected chi connectivity index (χ3v) is 4.03. The van der Waals surface area contributed by atoms with Crippen LogP contribution in [0.2, 0.25) is 10.0 Å². The van der Waals surface area contributed by atoms with Gasteiger partial charge in [0.25, 0.3) is 5.91 Å². The minimum Gasteiger partial charge on any atom is -0.370 e. The number of nitrogens with zero attached hydrogens (tertiary/aromatic N) is 2. The molecule has 0 bridgehead atoms. The minimum absolute atomic E-state index is 0.262. The molecule has 1 heterocycles. The van der Waals surface area contributed by atoms with E-state index in [4.69, 9.17) is 23.2 Å². The molecular formula is C17H20Cl2N4O. The van der Waals surface area contributed by atoms with Crippen molar-refractivity contribution in [2.75, 3.05) is 37.8 Å². The van der Waals surface area contributed by atoms with Gasteiger partial charge < -0.3 is 15.5 Å². The summed E-state index contributed by atoms with van der Waals surface area (Å²) in [6, 6.07) is 8.39. The van der Waals surface area contributed by atoms with E-state index in [2.05, 4.69) is 20.5 Å². The van der Waals surface area contributed by atoms with E-state index in [1.807, 2.05) is 20.2 Å². The van der Waals surface area contributed by atoms with Crippen LogP contribution in [0.5, 0.6) is 0 Å². The van der Waals surface area contributed by atoms with Crippen LogP contribution < -0.4 is 10.6 Å². The number of carbonyl (C=O) groups excluding carboxylic acids is 1. The molecule has 2 N–H and O–H groups in total. The third-order valence-electron chi connectivity index (χ3n) is 3.29. The molecule has 1 amide bonds. The fraction of sp³-hybridized carbons (Fsp3) is 0.294. The molecular weight excluding hydrogens is 347 g/mol. The first-order valence-corrected chi connectivity index (χ1v) is 8.32. The molecule has 0 aliphatic heterocycles. The van der Waals surface area contributed by atoms with Crippen LogP contribution in [0.15, 0.2) is 36.5 Å². The van der Waals surface area contributed by atoms with Crippen molar-refractivity contribution in [1.82, 2.24) is 9.88 Å². The van der Waals surface area contributed by atoms with Crippen LogP contribution >= 0.6 is 23.2 Å². The van der Waals surface area contributed by atoms with Crippen LogP contribution in [-0.4, -0.2) is 43.0 Å². The number of carbonyl (C=O) groups is 1. The predicted octanol–water partition coefficient (Wildman–Crippen LogP) is 4.00. The molecule has 1 aromatic carbocycles. The molecule has 1 aromatic heterocycles. The Morgan fingerprint density at radius 2 is 1.96 bits per heavy atom. The summed E-state index contributed by atoms with van der Waals surface area (Å²) in [5, 5.41) is 6.78. The number of aromatic nitrogens is 1. The van der Waals surface area contributed by atoms with Crippen molar-refractivity contribution in [3.63, 3.8) is 0 Å². The largest absolute Gasteiger partial charge is 0.370 e. The molecule has 5 nitrogen and oxygen atoms in total. The number of rotatable bonds is 7. The van der Waals surface area contributed by atoms with Crippen molar-refractivity contribution in [3.05, 3.63) is 52.1 Å². The summed E-state index contributed by atoms with van der Waals surface area (Å²) >= 11 is 11.8. The van der Waals surface area contributed by atoms with Crippen molar-refractivity contribution in [3.8, 4) is 0 Å². The van der Waals surface area contributed by atoms with Crippen molar-refractivity contribution in [2.24, 2.45) is 0 Å². The molecule has 128 valence electrons. The van der Waals surface area contributed by atoms with Gasteiger partial charge in [-0.25, -0.2) is 4.98 Å². The lowest BCUT2D eigenvalue weighted by Crippen LogP contribution is -2.16. The van der Waals surface area contributed by atoms with Gasteiger partial charge in [0.2, 0.25) is 0 Å². The average Bonchev–Trinajstić information content (AvgIpc) is 2.55. The first-order chi connectivity index (χ1) is 11.5. The van der Waals surface area contributed by atoms with Gasteiger partial charge in [0.05, 0.1) is 21.9 Å². The molecule has 2 aromatic rings. The maximum absolute atomic E-state index is 12.2. The lowest BCUT2D eigenvalue weighted by molar-refractivity contribution is 0.102. The molecule has 2 rings (SSSR count). The molecule has 24 heavy (non-hydrogen) atoms. The number of anilines is 2.